The summed E-state index contributed by atoms with van der Waals surface area (Å²) in [5, 5.41) is 0. The van der Waals surface area contributed by atoms with E-state index in [4.69, 9.17) is 5.73 Å². The third-order valence-electron chi connectivity index (χ3n) is 4.29. The molecule has 0 aromatic heterocycles. The number of carbonyl (C=O) groups excluding carboxylic acids is 1. The Morgan fingerprint density at radius 3 is 2.40 bits per heavy atom. The molecule has 0 atom stereocenters. The molecule has 0 unspecified atom stereocenters. The summed E-state index contributed by atoms with van der Waals surface area (Å²) in [6, 6.07) is 7.79. The van der Waals surface area contributed by atoms with Gasteiger partial charge in [-0.25, -0.2) is 0 Å². The van der Waals surface area contributed by atoms with Crippen LogP contribution < -0.4 is 5.73 Å². The highest BCUT2D eigenvalue weighted by Gasteiger charge is 2.22. The number of nitrogen functional groups attached to an aromatic ring is 1. The van der Waals surface area contributed by atoms with E-state index in [0.717, 1.165) is 24.1 Å². The number of nitrogens with zero attached hydrogens (tertiary/aromatic N) is 1. The molecule has 1 amide bonds. The molecule has 0 spiro atoms. The molecule has 1 saturated carbocycles. The fourth-order valence-electron chi connectivity index (χ4n) is 3.03. The Hall–Kier alpha value is -1.51. The van der Waals surface area contributed by atoms with E-state index in [1.807, 2.05) is 36.2 Å². The minimum absolute atomic E-state index is 0.213. The molecule has 2 N–H and O–H groups in total. The van der Waals surface area contributed by atoms with Crippen LogP contribution in [-0.2, 0) is 11.3 Å². The lowest BCUT2D eigenvalue weighted by Crippen LogP contribution is -2.33. The van der Waals surface area contributed by atoms with Crippen LogP contribution in [0.5, 0.6) is 0 Å². The van der Waals surface area contributed by atoms with Crippen LogP contribution in [0.4, 0.5) is 5.69 Å². The fourth-order valence-corrected chi connectivity index (χ4v) is 3.03. The van der Waals surface area contributed by atoms with Crippen molar-refractivity contribution in [3.63, 3.8) is 0 Å². The van der Waals surface area contributed by atoms with Gasteiger partial charge in [-0.2, -0.15) is 0 Å². The van der Waals surface area contributed by atoms with Crippen molar-refractivity contribution in [2.24, 2.45) is 5.92 Å². The van der Waals surface area contributed by atoms with E-state index in [1.165, 1.54) is 32.1 Å². The number of hydrogen-bond donors (Lipinski definition) is 1. The minimum Gasteiger partial charge on any atom is -0.398 e. The van der Waals surface area contributed by atoms with Gasteiger partial charge in [-0.1, -0.05) is 50.3 Å². The third kappa shape index (κ3) is 3.99. The van der Waals surface area contributed by atoms with Gasteiger partial charge in [0.1, 0.15) is 0 Å². The molecule has 3 heteroatoms. The molecular weight excluding hydrogens is 248 g/mol. The zero-order chi connectivity index (χ0) is 14.4. The van der Waals surface area contributed by atoms with E-state index in [2.05, 4.69) is 0 Å². The van der Waals surface area contributed by atoms with Crippen LogP contribution in [0.3, 0.4) is 0 Å². The molecule has 0 saturated heterocycles. The summed E-state index contributed by atoms with van der Waals surface area (Å²) in [6.45, 7) is 0.613. The average molecular weight is 274 g/mol. The van der Waals surface area contributed by atoms with Gasteiger partial charge in [0.25, 0.3) is 0 Å². The summed E-state index contributed by atoms with van der Waals surface area (Å²) in [7, 11) is 1.90. The zero-order valence-corrected chi connectivity index (χ0v) is 12.5. The van der Waals surface area contributed by atoms with Crippen molar-refractivity contribution in [1.29, 1.82) is 0 Å². The summed E-state index contributed by atoms with van der Waals surface area (Å²) >= 11 is 0. The van der Waals surface area contributed by atoms with Crippen molar-refractivity contribution in [3.05, 3.63) is 29.8 Å². The zero-order valence-electron chi connectivity index (χ0n) is 12.5. The van der Waals surface area contributed by atoms with E-state index < -0.39 is 0 Å². The third-order valence-corrected chi connectivity index (χ3v) is 4.29. The van der Waals surface area contributed by atoms with Gasteiger partial charge in [0.05, 0.1) is 0 Å². The minimum atomic E-state index is 0.213. The Balaban J connectivity index is 1.95. The molecule has 110 valence electrons. The molecule has 2 rings (SSSR count). The molecule has 1 aliphatic rings. The monoisotopic (exact) mass is 274 g/mol. The Morgan fingerprint density at radius 1 is 1.15 bits per heavy atom. The molecule has 0 bridgehead atoms. The molecule has 20 heavy (non-hydrogen) atoms. The van der Waals surface area contributed by atoms with E-state index in [9.17, 15) is 4.79 Å². The standard InChI is InChI=1S/C17H26N2O/c1-19(13-15-11-7-8-12-16(15)18)17(20)14-9-5-3-2-4-6-10-14/h7-8,11-12,14H,2-6,9-10,13,18H2,1H3. The van der Waals surface area contributed by atoms with Crippen LogP contribution in [0.15, 0.2) is 24.3 Å². The van der Waals surface area contributed by atoms with Gasteiger partial charge < -0.3 is 10.6 Å². The molecule has 0 aliphatic heterocycles. The lowest BCUT2D eigenvalue weighted by molar-refractivity contribution is -0.135. The van der Waals surface area contributed by atoms with Crippen LogP contribution in [-0.4, -0.2) is 17.9 Å². The van der Waals surface area contributed by atoms with Gasteiger partial charge in [0.2, 0.25) is 5.91 Å². The normalized spacial score (nSPS) is 17.2. The van der Waals surface area contributed by atoms with Gasteiger partial charge in [-0.15, -0.1) is 0 Å². The van der Waals surface area contributed by atoms with Crippen LogP contribution in [0, 0.1) is 5.92 Å². The number of para-hydroxylation sites is 1. The Bertz CT molecular complexity index is 436. The molecule has 1 aromatic carbocycles. The maximum atomic E-state index is 12.6. The van der Waals surface area contributed by atoms with E-state index >= 15 is 0 Å². The first-order valence-electron chi connectivity index (χ1n) is 7.77. The second-order valence-corrected chi connectivity index (χ2v) is 5.94. The average Bonchev–Trinajstić information content (AvgIpc) is 2.40. The van der Waals surface area contributed by atoms with Gasteiger partial charge in [0.15, 0.2) is 0 Å². The molecular formula is C17H26N2O. The number of rotatable bonds is 3. The maximum absolute atomic E-state index is 12.6. The fraction of sp³-hybridized carbons (Fsp3) is 0.588. The first kappa shape index (κ1) is 14.9. The first-order chi connectivity index (χ1) is 9.68. The summed E-state index contributed by atoms with van der Waals surface area (Å²) in [6.07, 6.45) is 8.37. The van der Waals surface area contributed by atoms with Crippen LogP contribution in [0.25, 0.3) is 0 Å². The number of amides is 1. The number of hydrogen-bond acceptors (Lipinski definition) is 2. The first-order valence-corrected chi connectivity index (χ1v) is 7.77. The summed E-state index contributed by atoms with van der Waals surface area (Å²) in [5.41, 5.74) is 7.76. The summed E-state index contributed by atoms with van der Waals surface area (Å²) in [5.74, 6) is 0.500. The van der Waals surface area contributed by atoms with E-state index in [-0.39, 0.29) is 11.8 Å². The second-order valence-electron chi connectivity index (χ2n) is 5.94. The maximum Gasteiger partial charge on any atom is 0.225 e. The Morgan fingerprint density at radius 2 is 1.75 bits per heavy atom. The van der Waals surface area contributed by atoms with Crippen LogP contribution >= 0.6 is 0 Å². The lowest BCUT2D eigenvalue weighted by Gasteiger charge is -2.25. The van der Waals surface area contributed by atoms with Crippen molar-refractivity contribution < 1.29 is 4.79 Å². The van der Waals surface area contributed by atoms with Gasteiger partial charge in [0, 0.05) is 25.2 Å². The van der Waals surface area contributed by atoms with E-state index in [0.29, 0.717) is 6.54 Å². The predicted octanol–water partition coefficient (Wildman–Crippen LogP) is 3.59. The smallest absolute Gasteiger partial charge is 0.225 e. The van der Waals surface area contributed by atoms with Crippen molar-refractivity contribution in [1.82, 2.24) is 4.90 Å². The summed E-state index contributed by atoms with van der Waals surface area (Å²) in [4.78, 5) is 14.4. The largest absolute Gasteiger partial charge is 0.398 e. The molecule has 1 fully saturated rings. The number of benzene rings is 1. The highest BCUT2D eigenvalue weighted by atomic mass is 16.2. The topological polar surface area (TPSA) is 46.3 Å². The van der Waals surface area contributed by atoms with Crippen molar-refractivity contribution >= 4 is 11.6 Å². The number of nitrogens with two attached hydrogens (primary N) is 1. The highest BCUT2D eigenvalue weighted by molar-refractivity contribution is 5.78. The highest BCUT2D eigenvalue weighted by Crippen LogP contribution is 2.24. The van der Waals surface area contributed by atoms with Crippen LogP contribution in [0.2, 0.25) is 0 Å². The van der Waals surface area contributed by atoms with Gasteiger partial charge in [-0.3, -0.25) is 4.79 Å². The predicted molar refractivity (Wildman–Crippen MR) is 83.1 cm³/mol. The molecule has 1 aliphatic carbocycles. The quantitative estimate of drug-likeness (QED) is 0.856. The molecule has 0 heterocycles. The van der Waals surface area contributed by atoms with Crippen molar-refractivity contribution in [3.8, 4) is 0 Å². The molecule has 3 nitrogen and oxygen atoms in total. The van der Waals surface area contributed by atoms with Crippen molar-refractivity contribution in [2.45, 2.75) is 51.5 Å². The van der Waals surface area contributed by atoms with E-state index in [1.54, 1.807) is 0 Å². The SMILES string of the molecule is CN(Cc1ccccc1N)C(=O)C1CCCCCCC1. The van der Waals surface area contributed by atoms with Gasteiger partial charge in [-0.05, 0) is 24.5 Å². The second kappa shape index (κ2) is 7.32. The summed E-state index contributed by atoms with van der Waals surface area (Å²) < 4.78 is 0. The lowest BCUT2D eigenvalue weighted by atomic mass is 9.90. The Kier molecular flexibility index (Phi) is 5.45. The molecule has 1 aromatic rings. The van der Waals surface area contributed by atoms with Gasteiger partial charge >= 0.3 is 0 Å². The Labute approximate surface area is 122 Å². The number of anilines is 1. The number of carbonyl (C=O) groups is 1. The molecule has 0 radical (unpaired) electrons. The van der Waals surface area contributed by atoms with Crippen molar-refractivity contribution in [2.75, 3.05) is 12.8 Å². The van der Waals surface area contributed by atoms with Crippen LogP contribution in [0.1, 0.15) is 50.5 Å².